The molecule has 1 fully saturated rings. The van der Waals surface area contributed by atoms with E-state index in [0.717, 1.165) is 59.7 Å². The fourth-order valence-corrected chi connectivity index (χ4v) is 5.92. The number of carbonyl (C=O) groups is 2. The molecule has 3 aromatic rings. The number of carboxylic acids is 1. The fourth-order valence-electron chi connectivity index (χ4n) is 5.92. The summed E-state index contributed by atoms with van der Waals surface area (Å²) in [5.41, 5.74) is 4.05. The van der Waals surface area contributed by atoms with Crippen LogP contribution in [-0.4, -0.2) is 45.3 Å². The topological polar surface area (TPSA) is 84.7 Å². The minimum atomic E-state index is -1.04. The Morgan fingerprint density at radius 2 is 1.86 bits per heavy atom. The van der Waals surface area contributed by atoms with Crippen LogP contribution in [0.4, 0.5) is 13.6 Å². The van der Waals surface area contributed by atoms with Gasteiger partial charge in [0.2, 0.25) is 0 Å². The van der Waals surface area contributed by atoms with Crippen molar-refractivity contribution in [1.82, 2.24) is 14.5 Å². The number of amides is 1. The first-order valence-corrected chi connectivity index (χ1v) is 12.9. The molecule has 0 saturated heterocycles. The molecule has 0 radical (unpaired) electrons. The summed E-state index contributed by atoms with van der Waals surface area (Å²) < 4.78 is 35.2. The minimum Gasteiger partial charge on any atom is -0.481 e. The highest BCUT2D eigenvalue weighted by Crippen LogP contribution is 2.38. The number of ether oxygens (including phenoxy) is 1. The van der Waals surface area contributed by atoms with Gasteiger partial charge in [0.15, 0.2) is 0 Å². The van der Waals surface area contributed by atoms with Gasteiger partial charge in [0.1, 0.15) is 17.5 Å². The maximum Gasteiger partial charge on any atom is 0.409 e. The molecule has 1 aliphatic heterocycles. The van der Waals surface area contributed by atoms with Crippen LogP contribution in [0, 0.1) is 11.6 Å². The first-order valence-electron chi connectivity index (χ1n) is 12.9. The van der Waals surface area contributed by atoms with Crippen molar-refractivity contribution in [1.29, 1.82) is 0 Å². The molecule has 2 aliphatic rings. The Morgan fingerprint density at radius 1 is 1.14 bits per heavy atom. The zero-order chi connectivity index (χ0) is 26.1. The fraction of sp³-hybridized carbons (Fsp3) is 0.464. The molecule has 2 heterocycles. The van der Waals surface area contributed by atoms with Crippen LogP contribution < -0.4 is 0 Å². The first-order chi connectivity index (χ1) is 17.8. The second-order valence-corrected chi connectivity index (χ2v) is 10.1. The third-order valence-corrected chi connectivity index (χ3v) is 7.74. The van der Waals surface area contributed by atoms with E-state index < -0.39 is 23.5 Å². The van der Waals surface area contributed by atoms with Crippen molar-refractivity contribution in [3.63, 3.8) is 0 Å². The van der Waals surface area contributed by atoms with Gasteiger partial charge in [-0.1, -0.05) is 25.3 Å². The van der Waals surface area contributed by atoms with Gasteiger partial charge in [0.05, 0.1) is 31.1 Å². The molecule has 196 valence electrons. The van der Waals surface area contributed by atoms with Crippen molar-refractivity contribution in [2.75, 3.05) is 13.7 Å². The minimum absolute atomic E-state index is 0.215. The molecule has 1 amide bonds. The van der Waals surface area contributed by atoms with Crippen molar-refractivity contribution < 1.29 is 28.2 Å². The highest BCUT2D eigenvalue weighted by molar-refractivity contribution is 5.82. The predicted molar refractivity (Wildman–Crippen MR) is 133 cm³/mol. The highest BCUT2D eigenvalue weighted by Gasteiger charge is 2.29. The summed E-state index contributed by atoms with van der Waals surface area (Å²) in [6.45, 7) is 1.18. The standard InChI is InChI=1S/C28H31F2N3O4/c1-37-28(36)32-10-9-17-7-8-24-26(23(17)16-32)31-27(18-5-3-2-4-6-18)33(24)15-20(13-25(34)35)19-11-21(29)14-22(30)12-19/h7-8,11-12,14,18,20H,2-6,9-10,13,15-16H2,1H3,(H,34,35)/t20-/m0/s1. The van der Waals surface area contributed by atoms with E-state index in [1.807, 2.05) is 12.1 Å². The molecular formula is C28H31F2N3O4. The molecule has 1 N–H and O–H groups in total. The van der Waals surface area contributed by atoms with Gasteiger partial charge >= 0.3 is 12.1 Å². The van der Waals surface area contributed by atoms with Crippen LogP contribution in [0.25, 0.3) is 11.0 Å². The number of methoxy groups -OCH3 is 1. The van der Waals surface area contributed by atoms with Crippen molar-refractivity contribution in [3.05, 3.63) is 64.5 Å². The monoisotopic (exact) mass is 511 g/mol. The largest absolute Gasteiger partial charge is 0.481 e. The molecule has 5 rings (SSSR count). The molecule has 0 bridgehead atoms. The third-order valence-electron chi connectivity index (χ3n) is 7.74. The number of aromatic nitrogens is 2. The van der Waals surface area contributed by atoms with Gasteiger partial charge in [-0.05, 0) is 48.6 Å². The lowest BCUT2D eigenvalue weighted by Crippen LogP contribution is -2.35. The van der Waals surface area contributed by atoms with E-state index in [9.17, 15) is 23.5 Å². The second-order valence-electron chi connectivity index (χ2n) is 10.1. The van der Waals surface area contributed by atoms with Crippen LogP contribution >= 0.6 is 0 Å². The number of aliphatic carboxylic acids is 1. The smallest absolute Gasteiger partial charge is 0.409 e. The number of rotatable bonds is 6. The van der Waals surface area contributed by atoms with Crippen molar-refractivity contribution in [2.24, 2.45) is 0 Å². The Morgan fingerprint density at radius 3 is 2.54 bits per heavy atom. The van der Waals surface area contributed by atoms with E-state index >= 15 is 0 Å². The summed E-state index contributed by atoms with van der Waals surface area (Å²) in [6, 6.07) is 7.27. The Balaban J connectivity index is 1.62. The van der Waals surface area contributed by atoms with E-state index in [1.54, 1.807) is 4.90 Å². The highest BCUT2D eigenvalue weighted by atomic mass is 19.1. The lowest BCUT2D eigenvalue weighted by Gasteiger charge is -2.27. The number of halogens is 2. The van der Waals surface area contributed by atoms with Gasteiger partial charge in [-0.25, -0.2) is 18.6 Å². The molecule has 1 aliphatic carbocycles. The lowest BCUT2D eigenvalue weighted by atomic mass is 9.88. The molecule has 2 aromatic carbocycles. The van der Waals surface area contributed by atoms with E-state index in [4.69, 9.17) is 9.72 Å². The summed E-state index contributed by atoms with van der Waals surface area (Å²) in [7, 11) is 1.37. The average molecular weight is 512 g/mol. The number of nitrogens with zero attached hydrogens (tertiary/aromatic N) is 3. The maximum atomic E-state index is 14.1. The van der Waals surface area contributed by atoms with E-state index in [0.29, 0.717) is 25.1 Å². The molecule has 1 aromatic heterocycles. The van der Waals surface area contributed by atoms with Gasteiger partial charge in [-0.2, -0.15) is 0 Å². The van der Waals surface area contributed by atoms with Crippen LogP contribution in [0.15, 0.2) is 30.3 Å². The zero-order valence-corrected chi connectivity index (χ0v) is 20.9. The molecular weight excluding hydrogens is 480 g/mol. The zero-order valence-electron chi connectivity index (χ0n) is 20.9. The Hall–Kier alpha value is -3.49. The van der Waals surface area contributed by atoms with Crippen LogP contribution in [0.2, 0.25) is 0 Å². The number of carboxylic acid groups (broad SMARTS) is 1. The van der Waals surface area contributed by atoms with Gasteiger partial charge in [0, 0.05) is 36.6 Å². The number of imidazole rings is 1. The number of hydrogen-bond acceptors (Lipinski definition) is 4. The lowest BCUT2D eigenvalue weighted by molar-refractivity contribution is -0.137. The normalized spacial score (nSPS) is 17.0. The van der Waals surface area contributed by atoms with Crippen LogP contribution in [0.3, 0.4) is 0 Å². The molecule has 1 atom stereocenters. The number of fused-ring (bicyclic) bond motifs is 3. The molecule has 9 heteroatoms. The molecule has 37 heavy (non-hydrogen) atoms. The number of benzene rings is 2. The van der Waals surface area contributed by atoms with Crippen molar-refractivity contribution in [3.8, 4) is 0 Å². The van der Waals surface area contributed by atoms with Crippen molar-refractivity contribution in [2.45, 2.75) is 69.9 Å². The molecule has 7 nitrogen and oxygen atoms in total. The summed E-state index contributed by atoms with van der Waals surface area (Å²) in [5.74, 6) is -2.05. The quantitative estimate of drug-likeness (QED) is 0.456. The van der Waals surface area contributed by atoms with Gasteiger partial charge in [-0.15, -0.1) is 0 Å². The SMILES string of the molecule is COC(=O)N1CCc2ccc3c(nc(C4CCCCC4)n3C[C@H](CC(=O)O)c3cc(F)cc(F)c3)c2C1. The van der Waals surface area contributed by atoms with E-state index in [-0.39, 0.29) is 25.0 Å². The predicted octanol–water partition coefficient (Wildman–Crippen LogP) is 5.75. The molecule has 1 saturated carbocycles. The van der Waals surface area contributed by atoms with Crippen LogP contribution in [0.1, 0.15) is 72.9 Å². The Bertz CT molecular complexity index is 1310. The van der Waals surface area contributed by atoms with Crippen LogP contribution in [-0.2, 0) is 29.0 Å². The van der Waals surface area contributed by atoms with Gasteiger partial charge in [-0.3, -0.25) is 4.79 Å². The Kier molecular flexibility index (Phi) is 7.13. The average Bonchev–Trinajstić information content (AvgIpc) is 3.26. The van der Waals surface area contributed by atoms with Crippen molar-refractivity contribution >= 4 is 23.1 Å². The van der Waals surface area contributed by atoms with E-state index in [1.165, 1.54) is 25.7 Å². The Labute approximate surface area is 214 Å². The third kappa shape index (κ3) is 5.17. The summed E-state index contributed by atoms with van der Waals surface area (Å²) in [6.07, 6.45) is 5.36. The van der Waals surface area contributed by atoms with Crippen LogP contribution in [0.5, 0.6) is 0 Å². The summed E-state index contributed by atoms with van der Waals surface area (Å²) >= 11 is 0. The molecule has 0 spiro atoms. The number of carbonyl (C=O) groups excluding carboxylic acids is 1. The summed E-state index contributed by atoms with van der Waals surface area (Å²) in [5, 5.41) is 9.64. The second kappa shape index (κ2) is 10.5. The first kappa shape index (κ1) is 25.2. The van der Waals surface area contributed by atoms with Gasteiger partial charge in [0.25, 0.3) is 0 Å². The van der Waals surface area contributed by atoms with Gasteiger partial charge < -0.3 is 19.3 Å². The number of hydrogen-bond donors (Lipinski definition) is 1. The maximum absolute atomic E-state index is 14.1. The molecule has 0 unspecified atom stereocenters. The summed E-state index contributed by atoms with van der Waals surface area (Å²) in [4.78, 5) is 30.8. The van der Waals surface area contributed by atoms with E-state index in [2.05, 4.69) is 4.57 Å².